The predicted octanol–water partition coefficient (Wildman–Crippen LogP) is 2.43. The van der Waals surface area contributed by atoms with Crippen LogP contribution in [0.2, 0.25) is 0 Å². The molecular weight excluding hydrogens is 458 g/mol. The number of hydrogen-bond acceptors (Lipinski definition) is 7. The molecule has 0 unspecified atom stereocenters. The summed E-state index contributed by atoms with van der Waals surface area (Å²) >= 11 is 1.33. The first-order chi connectivity index (χ1) is 16.3. The molecule has 1 atom stereocenters. The van der Waals surface area contributed by atoms with E-state index in [1.807, 2.05) is 0 Å². The average molecular weight is 486 g/mol. The molecule has 4 N–H and O–H groups in total. The van der Waals surface area contributed by atoms with E-state index in [0.29, 0.717) is 16.3 Å². The summed E-state index contributed by atoms with van der Waals surface area (Å²) in [6, 6.07) is 6.14. The van der Waals surface area contributed by atoms with Gasteiger partial charge in [-0.2, -0.15) is 0 Å². The van der Waals surface area contributed by atoms with Gasteiger partial charge >= 0.3 is 5.97 Å². The van der Waals surface area contributed by atoms with Gasteiger partial charge in [0.1, 0.15) is 16.8 Å². The number of carbonyl (C=O) groups is 4. The molecule has 1 aromatic carbocycles. The molecule has 0 spiro atoms. The number of nitrogens with one attached hydrogen (secondary N) is 2. The van der Waals surface area contributed by atoms with E-state index in [4.69, 9.17) is 15.2 Å². The van der Waals surface area contributed by atoms with Gasteiger partial charge < -0.3 is 25.8 Å². The van der Waals surface area contributed by atoms with Gasteiger partial charge in [0.25, 0.3) is 11.8 Å². The largest absolute Gasteiger partial charge is 0.497 e. The lowest BCUT2D eigenvalue weighted by Gasteiger charge is -2.12. The Morgan fingerprint density at radius 2 is 1.85 bits per heavy atom. The molecule has 1 aliphatic carbocycles. The molecule has 0 saturated carbocycles. The highest BCUT2D eigenvalue weighted by Gasteiger charge is 2.25. The average Bonchev–Trinajstić information content (AvgIpc) is 3.19. The minimum Gasteiger partial charge on any atom is -0.497 e. The van der Waals surface area contributed by atoms with Crippen LogP contribution in [0.25, 0.3) is 6.08 Å². The minimum absolute atomic E-state index is 0.337. The summed E-state index contributed by atoms with van der Waals surface area (Å²) in [5.74, 6) is -1.73. The Labute approximate surface area is 201 Å². The Morgan fingerprint density at radius 3 is 2.53 bits per heavy atom. The van der Waals surface area contributed by atoms with E-state index in [-0.39, 0.29) is 0 Å². The van der Waals surface area contributed by atoms with Crippen LogP contribution in [-0.2, 0) is 32.0 Å². The second-order valence-corrected chi connectivity index (χ2v) is 8.88. The van der Waals surface area contributed by atoms with Gasteiger partial charge in [-0.1, -0.05) is 12.1 Å². The summed E-state index contributed by atoms with van der Waals surface area (Å²) in [7, 11) is 1.57. The van der Waals surface area contributed by atoms with E-state index in [2.05, 4.69) is 10.6 Å². The highest BCUT2D eigenvalue weighted by molar-refractivity contribution is 7.17. The molecule has 0 aliphatic heterocycles. The number of aryl methyl sites for hydroxylation is 1. The Morgan fingerprint density at radius 1 is 1.15 bits per heavy atom. The molecule has 0 bridgehead atoms. The highest BCUT2D eigenvalue weighted by atomic mass is 32.1. The van der Waals surface area contributed by atoms with Gasteiger partial charge in [-0.05, 0) is 61.9 Å². The van der Waals surface area contributed by atoms with Crippen molar-refractivity contribution in [1.82, 2.24) is 5.32 Å². The zero-order valence-corrected chi connectivity index (χ0v) is 19.8. The van der Waals surface area contributed by atoms with Crippen molar-refractivity contribution in [3.8, 4) is 5.75 Å². The Balaban J connectivity index is 1.48. The molecular formula is C24H27N3O6S. The van der Waals surface area contributed by atoms with Crippen LogP contribution in [0.1, 0.15) is 46.1 Å². The monoisotopic (exact) mass is 485 g/mol. The Bertz CT molecular complexity index is 1110. The predicted molar refractivity (Wildman–Crippen MR) is 129 cm³/mol. The number of rotatable bonds is 9. The van der Waals surface area contributed by atoms with Crippen LogP contribution in [-0.4, -0.2) is 43.4 Å². The summed E-state index contributed by atoms with van der Waals surface area (Å²) in [6.45, 7) is 0.902. The van der Waals surface area contributed by atoms with Crippen LogP contribution in [0.5, 0.6) is 5.75 Å². The number of benzene rings is 1. The molecule has 1 aromatic heterocycles. The van der Waals surface area contributed by atoms with Gasteiger partial charge in [0.05, 0.1) is 12.7 Å². The SMILES string of the molecule is COc1ccc(/C=C/C(=O)N[C@@H](C)C(=O)OCC(=O)Nc2sc3c(c2C(N)=O)CCCC3)cc1. The number of carbonyl (C=O) groups excluding carboxylic acids is 4. The van der Waals surface area contributed by atoms with E-state index in [9.17, 15) is 19.2 Å². The summed E-state index contributed by atoms with van der Waals surface area (Å²) in [5.41, 5.74) is 7.54. The highest BCUT2D eigenvalue weighted by Crippen LogP contribution is 2.37. The number of hydrogen-bond donors (Lipinski definition) is 3. The third-order valence-corrected chi connectivity index (χ3v) is 6.48. The standard InChI is InChI=1S/C24H27N3O6S/c1-14(26-19(28)12-9-15-7-10-16(32-2)11-8-15)24(31)33-13-20(29)27-23-21(22(25)30)17-5-3-4-6-18(17)34-23/h7-12,14H,3-6,13H2,1-2H3,(H2,25,30)(H,26,28)(H,27,29)/b12-9+/t14-/m0/s1. The van der Waals surface area contributed by atoms with Crippen molar-refractivity contribution in [2.45, 2.75) is 38.6 Å². The van der Waals surface area contributed by atoms with Gasteiger partial charge in [0, 0.05) is 11.0 Å². The maximum atomic E-state index is 12.3. The van der Waals surface area contributed by atoms with Crippen LogP contribution in [0, 0.1) is 0 Å². The topological polar surface area (TPSA) is 137 Å². The molecule has 180 valence electrons. The molecule has 0 radical (unpaired) electrons. The molecule has 3 rings (SSSR count). The number of amides is 3. The van der Waals surface area contributed by atoms with E-state index in [1.54, 1.807) is 37.5 Å². The van der Waals surface area contributed by atoms with E-state index < -0.39 is 36.3 Å². The summed E-state index contributed by atoms with van der Waals surface area (Å²) in [4.78, 5) is 49.5. The lowest BCUT2D eigenvalue weighted by molar-refractivity contribution is -0.149. The van der Waals surface area contributed by atoms with E-state index in [0.717, 1.165) is 41.7 Å². The van der Waals surface area contributed by atoms with Crippen molar-refractivity contribution in [2.24, 2.45) is 5.73 Å². The fraction of sp³-hybridized carbons (Fsp3) is 0.333. The van der Waals surface area contributed by atoms with Crippen LogP contribution in [0.4, 0.5) is 5.00 Å². The minimum atomic E-state index is -0.962. The Kier molecular flexibility index (Phi) is 8.42. The maximum absolute atomic E-state index is 12.3. The lowest BCUT2D eigenvalue weighted by atomic mass is 9.95. The molecule has 1 heterocycles. The summed E-state index contributed by atoms with van der Waals surface area (Å²) in [5, 5.41) is 5.49. The number of primary amides is 1. The number of methoxy groups -OCH3 is 1. The van der Waals surface area contributed by atoms with Crippen molar-refractivity contribution in [3.05, 3.63) is 51.9 Å². The quantitative estimate of drug-likeness (QED) is 0.369. The fourth-order valence-electron chi connectivity index (χ4n) is 3.55. The molecule has 3 amide bonds. The zero-order valence-electron chi connectivity index (χ0n) is 19.0. The number of thiophene rings is 1. The van der Waals surface area contributed by atoms with Crippen LogP contribution in [0.3, 0.4) is 0 Å². The second kappa shape index (κ2) is 11.5. The van der Waals surface area contributed by atoms with Crippen LogP contribution >= 0.6 is 11.3 Å². The molecule has 2 aromatic rings. The molecule has 0 saturated heterocycles. The van der Waals surface area contributed by atoms with Crippen molar-refractivity contribution < 1.29 is 28.7 Å². The second-order valence-electron chi connectivity index (χ2n) is 7.77. The zero-order chi connectivity index (χ0) is 24.7. The molecule has 9 nitrogen and oxygen atoms in total. The molecule has 0 fully saturated rings. The summed E-state index contributed by atoms with van der Waals surface area (Å²) in [6.07, 6.45) is 6.47. The van der Waals surface area contributed by atoms with Gasteiger partial charge in [-0.25, -0.2) is 4.79 Å². The number of fused-ring (bicyclic) bond motifs is 1. The first-order valence-electron chi connectivity index (χ1n) is 10.8. The first-order valence-corrected chi connectivity index (χ1v) is 11.6. The third kappa shape index (κ3) is 6.44. The van der Waals surface area contributed by atoms with E-state index >= 15 is 0 Å². The number of anilines is 1. The van der Waals surface area contributed by atoms with Crippen molar-refractivity contribution >= 4 is 46.1 Å². The van der Waals surface area contributed by atoms with Crippen LogP contribution in [0.15, 0.2) is 30.3 Å². The Hall–Kier alpha value is -3.66. The van der Waals surface area contributed by atoms with Gasteiger partial charge in [0.15, 0.2) is 6.61 Å². The van der Waals surface area contributed by atoms with Crippen LogP contribution < -0.4 is 21.1 Å². The number of esters is 1. The van der Waals surface area contributed by atoms with Gasteiger partial charge in [-0.15, -0.1) is 11.3 Å². The van der Waals surface area contributed by atoms with Crippen molar-refractivity contribution in [1.29, 1.82) is 0 Å². The lowest BCUT2D eigenvalue weighted by Crippen LogP contribution is -2.39. The smallest absolute Gasteiger partial charge is 0.328 e. The number of ether oxygens (including phenoxy) is 2. The normalized spacial score (nSPS) is 13.6. The fourth-order valence-corrected chi connectivity index (χ4v) is 4.86. The molecule has 34 heavy (non-hydrogen) atoms. The molecule has 1 aliphatic rings. The molecule has 10 heteroatoms. The van der Waals surface area contributed by atoms with Gasteiger partial charge in [0.2, 0.25) is 5.91 Å². The third-order valence-electron chi connectivity index (χ3n) is 5.27. The number of nitrogens with two attached hydrogens (primary N) is 1. The maximum Gasteiger partial charge on any atom is 0.328 e. The van der Waals surface area contributed by atoms with Crippen molar-refractivity contribution in [2.75, 3.05) is 19.0 Å². The first kappa shape index (κ1) is 25.0. The van der Waals surface area contributed by atoms with Gasteiger partial charge in [-0.3, -0.25) is 14.4 Å². The van der Waals surface area contributed by atoms with E-state index in [1.165, 1.54) is 24.3 Å². The summed E-state index contributed by atoms with van der Waals surface area (Å²) < 4.78 is 10.1. The van der Waals surface area contributed by atoms with Crippen molar-refractivity contribution in [3.63, 3.8) is 0 Å².